The van der Waals surface area contributed by atoms with Crippen LogP contribution < -0.4 is 11.1 Å². The summed E-state index contributed by atoms with van der Waals surface area (Å²) < 4.78 is 1.56. The third kappa shape index (κ3) is 4.00. The fraction of sp³-hybridized carbons (Fsp3) is 0.136. The molecule has 0 bridgehead atoms. The number of rotatable bonds is 6. The zero-order valence-electron chi connectivity index (χ0n) is 17.3. The number of nitrogens with one attached hydrogen (secondary N) is 1. The second kappa shape index (κ2) is 8.67. The van der Waals surface area contributed by atoms with Gasteiger partial charge in [-0.3, -0.25) is 9.59 Å². The van der Waals surface area contributed by atoms with Crippen LogP contribution in [-0.2, 0) is 4.79 Å². The average molecular weight is 449 g/mol. The molecule has 162 valence electrons. The van der Waals surface area contributed by atoms with Gasteiger partial charge in [0.2, 0.25) is 11.1 Å². The number of carbonyl (C=O) groups excluding carboxylic acids is 2. The molecule has 0 atom stereocenters. The predicted octanol–water partition coefficient (Wildman–Crippen LogP) is 3.37. The van der Waals surface area contributed by atoms with E-state index in [0.717, 1.165) is 5.69 Å². The zero-order chi connectivity index (χ0) is 22.8. The fourth-order valence-corrected chi connectivity index (χ4v) is 4.15. The van der Waals surface area contributed by atoms with E-state index in [2.05, 4.69) is 20.8 Å². The Balaban J connectivity index is 1.90. The number of hydrogen-bond acceptors (Lipinski definition) is 7. The molecule has 4 N–H and O–H groups in total. The van der Waals surface area contributed by atoms with E-state index in [4.69, 9.17) is 5.73 Å². The Labute approximate surface area is 187 Å². The lowest BCUT2D eigenvalue weighted by Crippen LogP contribution is -2.18. The van der Waals surface area contributed by atoms with E-state index in [1.807, 2.05) is 30.3 Å². The Hall–Kier alpha value is -3.92. The summed E-state index contributed by atoms with van der Waals surface area (Å²) in [6.45, 7) is 3.57. The van der Waals surface area contributed by atoms with Crippen molar-refractivity contribution in [1.82, 2.24) is 20.2 Å². The van der Waals surface area contributed by atoms with Crippen molar-refractivity contribution in [3.05, 3.63) is 60.2 Å². The van der Waals surface area contributed by atoms with E-state index in [9.17, 15) is 14.7 Å². The van der Waals surface area contributed by atoms with Crippen LogP contribution in [0.15, 0.2) is 64.6 Å². The van der Waals surface area contributed by atoms with Gasteiger partial charge in [-0.05, 0) is 46.5 Å². The highest BCUT2D eigenvalue weighted by Gasteiger charge is 2.21. The van der Waals surface area contributed by atoms with Crippen molar-refractivity contribution in [1.29, 1.82) is 0 Å². The minimum atomic E-state index is -0.773. The third-order valence-electron chi connectivity index (χ3n) is 4.79. The van der Waals surface area contributed by atoms with E-state index >= 15 is 0 Å². The summed E-state index contributed by atoms with van der Waals surface area (Å²) in [5, 5.41) is 26.9. The number of aromatic hydroxyl groups is 1. The molecule has 0 saturated heterocycles. The molecule has 0 radical (unpaired) electrons. The molecule has 3 aromatic carbocycles. The number of amides is 2. The molecular formula is C22H20N6O3S. The molecule has 0 fully saturated rings. The van der Waals surface area contributed by atoms with Crippen LogP contribution in [0, 0.1) is 5.92 Å². The van der Waals surface area contributed by atoms with Gasteiger partial charge in [-0.1, -0.05) is 44.2 Å². The maximum atomic E-state index is 12.4. The van der Waals surface area contributed by atoms with Gasteiger partial charge in [-0.15, -0.1) is 5.10 Å². The van der Waals surface area contributed by atoms with Gasteiger partial charge in [-0.25, -0.2) is 0 Å². The van der Waals surface area contributed by atoms with Gasteiger partial charge >= 0.3 is 0 Å². The molecule has 0 unspecified atom stereocenters. The van der Waals surface area contributed by atoms with E-state index in [1.54, 1.807) is 36.7 Å². The lowest BCUT2D eigenvalue weighted by atomic mass is 10.0. The van der Waals surface area contributed by atoms with Gasteiger partial charge in [0.1, 0.15) is 5.75 Å². The van der Waals surface area contributed by atoms with Gasteiger partial charge < -0.3 is 16.2 Å². The average Bonchev–Trinajstić information content (AvgIpc) is 3.24. The van der Waals surface area contributed by atoms with Crippen LogP contribution in [0.1, 0.15) is 24.2 Å². The highest BCUT2D eigenvalue weighted by Crippen LogP contribution is 2.42. The van der Waals surface area contributed by atoms with Gasteiger partial charge in [0, 0.05) is 27.3 Å². The molecule has 1 aromatic heterocycles. The van der Waals surface area contributed by atoms with Crippen molar-refractivity contribution in [2.45, 2.75) is 23.9 Å². The molecule has 2 amide bonds. The highest BCUT2D eigenvalue weighted by molar-refractivity contribution is 7.99. The molecule has 0 aliphatic heterocycles. The monoisotopic (exact) mass is 448 g/mol. The fourth-order valence-electron chi connectivity index (χ4n) is 3.15. The molecule has 0 spiro atoms. The van der Waals surface area contributed by atoms with Crippen molar-refractivity contribution in [3.63, 3.8) is 0 Å². The van der Waals surface area contributed by atoms with Crippen molar-refractivity contribution in [3.8, 4) is 11.4 Å². The molecule has 0 saturated carbocycles. The minimum absolute atomic E-state index is 0.0360. The van der Waals surface area contributed by atoms with Crippen molar-refractivity contribution in [2.24, 2.45) is 11.7 Å². The lowest BCUT2D eigenvalue weighted by molar-refractivity contribution is -0.118. The van der Waals surface area contributed by atoms with E-state index in [0.29, 0.717) is 26.5 Å². The maximum absolute atomic E-state index is 12.4. The van der Waals surface area contributed by atoms with Gasteiger partial charge in [0.15, 0.2) is 0 Å². The molecule has 0 aliphatic rings. The molecule has 4 aromatic rings. The first kappa shape index (κ1) is 21.3. The summed E-state index contributed by atoms with van der Waals surface area (Å²) in [6, 6.07) is 15.9. The molecule has 9 nitrogen and oxygen atoms in total. The summed E-state index contributed by atoms with van der Waals surface area (Å²) in [7, 11) is 0. The van der Waals surface area contributed by atoms with Crippen molar-refractivity contribution < 1.29 is 14.7 Å². The SMILES string of the molecule is CC(C)C(=O)Nc1cccc2c(O)c(C(N)=O)cc(Sc3nnnn3-c3ccccc3)c12. The minimum Gasteiger partial charge on any atom is -0.506 e. The van der Waals surface area contributed by atoms with Crippen LogP contribution in [0.3, 0.4) is 0 Å². The number of hydrogen-bond donors (Lipinski definition) is 3. The first-order valence-corrected chi connectivity index (χ1v) is 10.6. The third-order valence-corrected chi connectivity index (χ3v) is 5.77. The summed E-state index contributed by atoms with van der Waals surface area (Å²) in [6.07, 6.45) is 0. The topological polar surface area (TPSA) is 136 Å². The second-order valence-electron chi connectivity index (χ2n) is 7.32. The molecular weight excluding hydrogens is 428 g/mol. The van der Waals surface area contributed by atoms with Crippen molar-refractivity contribution >= 4 is 40.0 Å². The predicted molar refractivity (Wildman–Crippen MR) is 121 cm³/mol. The number of nitrogens with two attached hydrogens (primary N) is 1. The van der Waals surface area contributed by atoms with E-state index in [-0.39, 0.29) is 23.1 Å². The number of phenols is 1. The summed E-state index contributed by atoms with van der Waals surface area (Å²) >= 11 is 1.19. The number of primary amides is 1. The number of benzene rings is 3. The number of anilines is 1. The molecule has 1 heterocycles. The number of nitrogens with zero attached hydrogens (tertiary/aromatic N) is 4. The molecule has 4 rings (SSSR count). The largest absolute Gasteiger partial charge is 0.506 e. The second-order valence-corrected chi connectivity index (χ2v) is 8.33. The Bertz CT molecular complexity index is 1320. The van der Waals surface area contributed by atoms with Crippen LogP contribution in [-0.4, -0.2) is 37.1 Å². The maximum Gasteiger partial charge on any atom is 0.252 e. The van der Waals surface area contributed by atoms with Crippen LogP contribution in [0.5, 0.6) is 5.75 Å². The number of carbonyl (C=O) groups is 2. The molecule has 32 heavy (non-hydrogen) atoms. The standard InChI is InChI=1S/C22H20N6O3S/c1-12(2)21(31)24-16-10-6-9-14-18(16)17(11-15(19(14)29)20(23)30)32-22-25-26-27-28(22)13-7-4-3-5-8-13/h3-12,29H,1-2H3,(H2,23,30)(H,24,31). The number of para-hydroxylation sites is 1. The highest BCUT2D eigenvalue weighted by atomic mass is 32.2. The van der Waals surface area contributed by atoms with E-state index < -0.39 is 5.91 Å². The summed E-state index contributed by atoms with van der Waals surface area (Å²) in [5.41, 5.74) is 6.72. The smallest absolute Gasteiger partial charge is 0.252 e. The van der Waals surface area contributed by atoms with Crippen LogP contribution in [0.4, 0.5) is 5.69 Å². The quantitative estimate of drug-likeness (QED) is 0.411. The Kier molecular flexibility index (Phi) is 5.78. The van der Waals surface area contributed by atoms with Gasteiger partial charge in [0.05, 0.1) is 11.3 Å². The normalized spacial score (nSPS) is 11.1. The van der Waals surface area contributed by atoms with Crippen LogP contribution >= 0.6 is 11.8 Å². The Morgan fingerprint density at radius 1 is 1.12 bits per heavy atom. The van der Waals surface area contributed by atoms with Crippen LogP contribution in [0.2, 0.25) is 0 Å². The van der Waals surface area contributed by atoms with E-state index in [1.165, 1.54) is 17.8 Å². The van der Waals surface area contributed by atoms with Crippen molar-refractivity contribution in [2.75, 3.05) is 5.32 Å². The first-order chi connectivity index (χ1) is 15.4. The Morgan fingerprint density at radius 3 is 2.56 bits per heavy atom. The lowest BCUT2D eigenvalue weighted by Gasteiger charge is -2.16. The number of fused-ring (bicyclic) bond motifs is 1. The first-order valence-electron chi connectivity index (χ1n) is 9.78. The number of aromatic nitrogens is 4. The van der Waals surface area contributed by atoms with Gasteiger partial charge in [0.25, 0.3) is 5.91 Å². The molecule has 10 heteroatoms. The number of tetrazole rings is 1. The molecule has 0 aliphatic carbocycles. The van der Waals surface area contributed by atoms with Crippen LogP contribution in [0.25, 0.3) is 16.5 Å². The summed E-state index contributed by atoms with van der Waals surface area (Å²) in [4.78, 5) is 24.9. The Morgan fingerprint density at radius 2 is 1.88 bits per heavy atom. The zero-order valence-corrected chi connectivity index (χ0v) is 18.1. The van der Waals surface area contributed by atoms with Gasteiger partial charge in [-0.2, -0.15) is 4.68 Å². The summed E-state index contributed by atoms with van der Waals surface area (Å²) in [5.74, 6) is -1.45.